The van der Waals surface area contributed by atoms with Crippen LogP contribution in [0.4, 0.5) is 5.69 Å². The molecule has 2 N–H and O–H groups in total. The zero-order valence-electron chi connectivity index (χ0n) is 15.4. The molecular formula is C23H19ClN2O2. The first-order valence-electron chi connectivity index (χ1n) is 8.89. The van der Waals surface area contributed by atoms with E-state index in [-0.39, 0.29) is 0 Å². The average Bonchev–Trinajstić information content (AvgIpc) is 2.70. The number of fused-ring (bicyclic) bond motifs is 1. The molecule has 0 atom stereocenters. The van der Waals surface area contributed by atoms with Gasteiger partial charge in [-0.15, -0.1) is 0 Å². The maximum atomic E-state index is 6.10. The van der Waals surface area contributed by atoms with Crippen molar-refractivity contribution in [2.24, 2.45) is 0 Å². The van der Waals surface area contributed by atoms with Gasteiger partial charge < -0.3 is 15.2 Å². The Labute approximate surface area is 168 Å². The van der Waals surface area contributed by atoms with Crippen LogP contribution in [0.5, 0.6) is 17.2 Å². The standard InChI is InChI=1S/C23H19ClN2O2/c1-15-11-18-21(13-23(15)27-14-16-5-3-2-4-6-16)26-10-9-22(18)28-17-7-8-20(25)19(24)12-17/h2-13H,14,25H2,1H3. The van der Waals surface area contributed by atoms with E-state index < -0.39 is 0 Å². The molecule has 0 unspecified atom stereocenters. The maximum Gasteiger partial charge on any atom is 0.138 e. The normalized spacial score (nSPS) is 10.8. The number of nitrogens with two attached hydrogens (primary N) is 1. The third-order valence-electron chi connectivity index (χ3n) is 4.44. The van der Waals surface area contributed by atoms with Gasteiger partial charge in [-0.3, -0.25) is 4.98 Å². The highest BCUT2D eigenvalue weighted by atomic mass is 35.5. The van der Waals surface area contributed by atoms with E-state index in [0.717, 1.165) is 27.8 Å². The predicted octanol–water partition coefficient (Wildman–Crippen LogP) is 6.15. The van der Waals surface area contributed by atoms with E-state index in [1.807, 2.05) is 55.5 Å². The summed E-state index contributed by atoms with van der Waals surface area (Å²) in [4.78, 5) is 4.47. The van der Waals surface area contributed by atoms with E-state index >= 15 is 0 Å². The highest BCUT2D eigenvalue weighted by molar-refractivity contribution is 6.33. The van der Waals surface area contributed by atoms with Gasteiger partial charge in [0.1, 0.15) is 23.9 Å². The SMILES string of the molecule is Cc1cc2c(Oc3ccc(N)c(Cl)c3)ccnc2cc1OCc1ccccc1. The number of hydrogen-bond donors (Lipinski definition) is 1. The van der Waals surface area contributed by atoms with Crippen molar-refractivity contribution in [2.45, 2.75) is 13.5 Å². The first-order chi connectivity index (χ1) is 13.6. The molecule has 1 aromatic heterocycles. The molecule has 0 aliphatic rings. The zero-order valence-corrected chi connectivity index (χ0v) is 16.1. The average molecular weight is 391 g/mol. The maximum absolute atomic E-state index is 6.10. The van der Waals surface area contributed by atoms with Crippen LogP contribution in [0.15, 0.2) is 72.9 Å². The van der Waals surface area contributed by atoms with Crippen molar-refractivity contribution in [3.05, 3.63) is 89.1 Å². The van der Waals surface area contributed by atoms with E-state index in [1.165, 1.54) is 0 Å². The second kappa shape index (κ2) is 7.79. The number of halogens is 1. The van der Waals surface area contributed by atoms with Gasteiger partial charge in [0.15, 0.2) is 0 Å². The van der Waals surface area contributed by atoms with Crippen molar-refractivity contribution in [2.75, 3.05) is 5.73 Å². The molecule has 4 nitrogen and oxygen atoms in total. The smallest absolute Gasteiger partial charge is 0.138 e. The van der Waals surface area contributed by atoms with Gasteiger partial charge in [-0.2, -0.15) is 0 Å². The highest BCUT2D eigenvalue weighted by Crippen LogP contribution is 2.34. The third-order valence-corrected chi connectivity index (χ3v) is 4.76. The van der Waals surface area contributed by atoms with Gasteiger partial charge in [0.05, 0.1) is 16.2 Å². The van der Waals surface area contributed by atoms with Crippen molar-refractivity contribution < 1.29 is 9.47 Å². The summed E-state index contributed by atoms with van der Waals surface area (Å²) in [6, 6.07) is 21.1. The van der Waals surface area contributed by atoms with Crippen LogP contribution in [0.25, 0.3) is 10.9 Å². The van der Waals surface area contributed by atoms with Crippen LogP contribution in [0.2, 0.25) is 5.02 Å². The number of aromatic nitrogens is 1. The first kappa shape index (κ1) is 18.1. The molecule has 28 heavy (non-hydrogen) atoms. The second-order valence-electron chi connectivity index (χ2n) is 6.50. The molecular weight excluding hydrogens is 372 g/mol. The number of aryl methyl sites for hydroxylation is 1. The van der Waals surface area contributed by atoms with Crippen LogP contribution in [0.3, 0.4) is 0 Å². The minimum Gasteiger partial charge on any atom is -0.489 e. The Kier molecular flexibility index (Phi) is 5.04. The fourth-order valence-electron chi connectivity index (χ4n) is 2.93. The fraction of sp³-hybridized carbons (Fsp3) is 0.0870. The molecule has 0 saturated heterocycles. The Balaban J connectivity index is 1.63. The van der Waals surface area contributed by atoms with E-state index in [1.54, 1.807) is 24.4 Å². The van der Waals surface area contributed by atoms with Crippen molar-refractivity contribution >= 4 is 28.2 Å². The lowest BCUT2D eigenvalue weighted by Crippen LogP contribution is -1.98. The monoisotopic (exact) mass is 390 g/mol. The molecule has 0 bridgehead atoms. The molecule has 5 heteroatoms. The molecule has 0 saturated carbocycles. The summed E-state index contributed by atoms with van der Waals surface area (Å²) in [6.45, 7) is 2.52. The molecule has 1 heterocycles. The Morgan fingerprint density at radius 3 is 2.57 bits per heavy atom. The summed E-state index contributed by atoms with van der Waals surface area (Å²) >= 11 is 6.10. The number of rotatable bonds is 5. The largest absolute Gasteiger partial charge is 0.489 e. The summed E-state index contributed by atoms with van der Waals surface area (Å²) in [6.07, 6.45) is 1.72. The van der Waals surface area contributed by atoms with Crippen LogP contribution >= 0.6 is 11.6 Å². The van der Waals surface area contributed by atoms with E-state index in [0.29, 0.717) is 28.8 Å². The molecule has 3 aromatic carbocycles. The Hall–Kier alpha value is -3.24. The second-order valence-corrected chi connectivity index (χ2v) is 6.91. The minimum absolute atomic E-state index is 0.462. The lowest BCUT2D eigenvalue weighted by atomic mass is 10.1. The summed E-state index contributed by atoms with van der Waals surface area (Å²) in [5, 5.41) is 1.36. The van der Waals surface area contributed by atoms with E-state index in [9.17, 15) is 0 Å². The number of hydrogen-bond acceptors (Lipinski definition) is 4. The molecule has 4 rings (SSSR count). The molecule has 0 amide bonds. The molecule has 0 aliphatic heterocycles. The first-order valence-corrected chi connectivity index (χ1v) is 9.27. The Morgan fingerprint density at radius 2 is 1.79 bits per heavy atom. The van der Waals surface area contributed by atoms with Gasteiger partial charge in [-0.1, -0.05) is 41.9 Å². The summed E-state index contributed by atoms with van der Waals surface area (Å²) in [5.74, 6) is 2.12. The lowest BCUT2D eigenvalue weighted by molar-refractivity contribution is 0.304. The van der Waals surface area contributed by atoms with Gasteiger partial charge in [0, 0.05) is 23.7 Å². The summed E-state index contributed by atoms with van der Waals surface area (Å²) in [5.41, 5.74) is 9.21. The number of ether oxygens (including phenoxy) is 2. The van der Waals surface area contributed by atoms with Gasteiger partial charge in [-0.05, 0) is 42.3 Å². The lowest BCUT2D eigenvalue weighted by Gasteiger charge is -2.13. The zero-order chi connectivity index (χ0) is 19.5. The molecule has 4 aromatic rings. The predicted molar refractivity (Wildman–Crippen MR) is 113 cm³/mol. The molecule has 0 spiro atoms. The van der Waals surface area contributed by atoms with Crippen molar-refractivity contribution in [3.63, 3.8) is 0 Å². The molecule has 0 fully saturated rings. The quantitative estimate of drug-likeness (QED) is 0.415. The summed E-state index contributed by atoms with van der Waals surface area (Å²) in [7, 11) is 0. The van der Waals surface area contributed by atoms with Crippen molar-refractivity contribution in [1.82, 2.24) is 4.98 Å². The summed E-state index contributed by atoms with van der Waals surface area (Å²) < 4.78 is 12.0. The number of pyridine rings is 1. The van der Waals surface area contributed by atoms with Crippen molar-refractivity contribution in [1.29, 1.82) is 0 Å². The van der Waals surface area contributed by atoms with E-state index in [2.05, 4.69) is 4.98 Å². The highest BCUT2D eigenvalue weighted by Gasteiger charge is 2.10. The molecule has 0 radical (unpaired) electrons. The fourth-order valence-corrected chi connectivity index (χ4v) is 3.11. The van der Waals surface area contributed by atoms with Gasteiger partial charge in [0.25, 0.3) is 0 Å². The van der Waals surface area contributed by atoms with Crippen LogP contribution in [0, 0.1) is 6.92 Å². The van der Waals surface area contributed by atoms with E-state index in [4.69, 9.17) is 26.8 Å². The number of anilines is 1. The van der Waals surface area contributed by atoms with Crippen LogP contribution < -0.4 is 15.2 Å². The van der Waals surface area contributed by atoms with Gasteiger partial charge in [-0.25, -0.2) is 0 Å². The topological polar surface area (TPSA) is 57.4 Å². The third kappa shape index (κ3) is 3.87. The van der Waals surface area contributed by atoms with Crippen LogP contribution in [-0.4, -0.2) is 4.98 Å². The van der Waals surface area contributed by atoms with Crippen molar-refractivity contribution in [3.8, 4) is 17.2 Å². The number of nitrogen functional groups attached to an aromatic ring is 1. The van der Waals surface area contributed by atoms with Gasteiger partial charge in [0.2, 0.25) is 0 Å². The minimum atomic E-state index is 0.462. The molecule has 0 aliphatic carbocycles. The molecule has 140 valence electrons. The van der Waals surface area contributed by atoms with Crippen LogP contribution in [0.1, 0.15) is 11.1 Å². The van der Waals surface area contributed by atoms with Crippen LogP contribution in [-0.2, 0) is 6.61 Å². The number of benzene rings is 3. The van der Waals surface area contributed by atoms with Gasteiger partial charge >= 0.3 is 0 Å². The Bertz CT molecular complexity index is 1130. The number of nitrogens with zero attached hydrogens (tertiary/aromatic N) is 1. The Morgan fingerprint density at radius 1 is 0.964 bits per heavy atom.